The topological polar surface area (TPSA) is 30.5 Å². The summed E-state index contributed by atoms with van der Waals surface area (Å²) in [5, 5.41) is 3.51. The Morgan fingerprint density at radius 3 is 2.59 bits per heavy atom. The minimum atomic E-state index is 0. The van der Waals surface area contributed by atoms with Gasteiger partial charge in [0, 0.05) is 6.04 Å². The molecule has 22 heavy (non-hydrogen) atoms. The van der Waals surface area contributed by atoms with Crippen LogP contribution in [0.2, 0.25) is 0 Å². The third kappa shape index (κ3) is 3.93. The smallest absolute Gasteiger partial charge is 0.161 e. The molecule has 0 spiro atoms. The van der Waals surface area contributed by atoms with Gasteiger partial charge in [-0.1, -0.05) is 36.4 Å². The number of methoxy groups -OCH3 is 1. The van der Waals surface area contributed by atoms with Crippen LogP contribution in [0, 0.1) is 0 Å². The van der Waals surface area contributed by atoms with Crippen molar-refractivity contribution in [3.05, 3.63) is 59.7 Å². The second kappa shape index (κ2) is 8.06. The first kappa shape index (κ1) is 16.7. The minimum absolute atomic E-state index is 0. The average molecular weight is 320 g/mol. The van der Waals surface area contributed by atoms with Crippen molar-refractivity contribution in [2.24, 2.45) is 0 Å². The molecule has 4 heteroatoms. The van der Waals surface area contributed by atoms with Crippen LogP contribution in [0.3, 0.4) is 0 Å². The fourth-order valence-corrected chi connectivity index (χ4v) is 2.72. The van der Waals surface area contributed by atoms with Gasteiger partial charge in [-0.05, 0) is 42.6 Å². The lowest BCUT2D eigenvalue weighted by Crippen LogP contribution is -2.12. The van der Waals surface area contributed by atoms with Crippen LogP contribution in [0.5, 0.6) is 11.5 Å². The molecule has 118 valence electrons. The molecular formula is C18H22ClNO2. The fourth-order valence-electron chi connectivity index (χ4n) is 2.72. The Morgan fingerprint density at radius 2 is 1.91 bits per heavy atom. The number of benzene rings is 2. The van der Waals surface area contributed by atoms with E-state index in [2.05, 4.69) is 29.6 Å². The Labute approximate surface area is 138 Å². The van der Waals surface area contributed by atoms with Gasteiger partial charge in [0.1, 0.15) is 6.61 Å². The van der Waals surface area contributed by atoms with E-state index >= 15 is 0 Å². The molecule has 2 aromatic rings. The zero-order valence-corrected chi connectivity index (χ0v) is 13.6. The Balaban J connectivity index is 0.00000176. The van der Waals surface area contributed by atoms with Crippen LogP contribution in [0.1, 0.15) is 30.0 Å². The molecule has 1 saturated heterocycles. The molecule has 0 aliphatic carbocycles. The first-order chi connectivity index (χ1) is 10.4. The average Bonchev–Trinajstić information content (AvgIpc) is 3.08. The van der Waals surface area contributed by atoms with Crippen LogP contribution in [-0.2, 0) is 6.61 Å². The van der Waals surface area contributed by atoms with E-state index in [1.807, 2.05) is 24.3 Å². The van der Waals surface area contributed by atoms with Crippen molar-refractivity contribution >= 4 is 12.4 Å². The van der Waals surface area contributed by atoms with Crippen LogP contribution in [0.25, 0.3) is 0 Å². The molecule has 0 bridgehead atoms. The van der Waals surface area contributed by atoms with Crippen LogP contribution in [0.4, 0.5) is 0 Å². The summed E-state index contributed by atoms with van der Waals surface area (Å²) in [4.78, 5) is 0. The SMILES string of the molecule is COc1cc([C@H]2CCCN2)ccc1OCc1ccccc1.Cl. The van der Waals surface area contributed by atoms with Gasteiger partial charge < -0.3 is 14.8 Å². The van der Waals surface area contributed by atoms with Gasteiger partial charge in [-0.15, -0.1) is 12.4 Å². The van der Waals surface area contributed by atoms with E-state index in [4.69, 9.17) is 9.47 Å². The van der Waals surface area contributed by atoms with Gasteiger partial charge >= 0.3 is 0 Å². The van der Waals surface area contributed by atoms with Gasteiger partial charge in [0.2, 0.25) is 0 Å². The zero-order chi connectivity index (χ0) is 14.5. The third-order valence-electron chi connectivity index (χ3n) is 3.89. The molecule has 2 aromatic carbocycles. The van der Waals surface area contributed by atoms with E-state index in [-0.39, 0.29) is 12.4 Å². The van der Waals surface area contributed by atoms with Crippen molar-refractivity contribution in [2.75, 3.05) is 13.7 Å². The molecule has 1 heterocycles. The number of halogens is 1. The summed E-state index contributed by atoms with van der Waals surface area (Å²) in [6.07, 6.45) is 2.42. The quantitative estimate of drug-likeness (QED) is 0.899. The van der Waals surface area contributed by atoms with E-state index < -0.39 is 0 Å². The van der Waals surface area contributed by atoms with E-state index in [0.717, 1.165) is 23.6 Å². The Morgan fingerprint density at radius 1 is 1.09 bits per heavy atom. The molecule has 0 saturated carbocycles. The van der Waals surface area contributed by atoms with E-state index in [1.54, 1.807) is 7.11 Å². The Kier molecular flexibility index (Phi) is 6.10. The standard InChI is InChI=1S/C18H21NO2.ClH/c1-20-18-12-15(16-8-5-11-19-16)9-10-17(18)21-13-14-6-3-2-4-7-14;/h2-4,6-7,9-10,12,16,19H,5,8,11,13H2,1H3;1H/t16-;/m1./s1. The summed E-state index contributed by atoms with van der Waals surface area (Å²) in [5.74, 6) is 1.60. The van der Waals surface area contributed by atoms with Crippen molar-refractivity contribution in [1.29, 1.82) is 0 Å². The molecule has 0 radical (unpaired) electrons. The second-order valence-corrected chi connectivity index (χ2v) is 5.33. The van der Waals surface area contributed by atoms with Crippen molar-refractivity contribution < 1.29 is 9.47 Å². The number of hydrogen-bond acceptors (Lipinski definition) is 3. The third-order valence-corrected chi connectivity index (χ3v) is 3.89. The second-order valence-electron chi connectivity index (χ2n) is 5.33. The molecule has 3 nitrogen and oxygen atoms in total. The first-order valence-corrected chi connectivity index (χ1v) is 7.45. The van der Waals surface area contributed by atoms with Crippen LogP contribution < -0.4 is 14.8 Å². The summed E-state index contributed by atoms with van der Waals surface area (Å²) in [6.45, 7) is 1.65. The van der Waals surface area contributed by atoms with Gasteiger partial charge in [-0.3, -0.25) is 0 Å². The molecule has 1 atom stereocenters. The minimum Gasteiger partial charge on any atom is -0.493 e. The van der Waals surface area contributed by atoms with Crippen molar-refractivity contribution in [2.45, 2.75) is 25.5 Å². The maximum absolute atomic E-state index is 5.89. The lowest BCUT2D eigenvalue weighted by Gasteiger charge is -2.15. The zero-order valence-electron chi connectivity index (χ0n) is 12.7. The number of rotatable bonds is 5. The maximum atomic E-state index is 5.89. The molecule has 0 aromatic heterocycles. The summed E-state index contributed by atoms with van der Waals surface area (Å²) in [5.41, 5.74) is 2.43. The lowest BCUT2D eigenvalue weighted by molar-refractivity contribution is 0.284. The predicted octanol–water partition coefficient (Wildman–Crippen LogP) is 4.12. The van der Waals surface area contributed by atoms with Crippen molar-refractivity contribution in [1.82, 2.24) is 5.32 Å². The lowest BCUT2D eigenvalue weighted by atomic mass is 10.0. The number of hydrogen-bond donors (Lipinski definition) is 1. The monoisotopic (exact) mass is 319 g/mol. The Hall–Kier alpha value is -1.71. The molecular weight excluding hydrogens is 298 g/mol. The Bertz CT molecular complexity index is 583. The predicted molar refractivity (Wildman–Crippen MR) is 91.0 cm³/mol. The largest absolute Gasteiger partial charge is 0.493 e. The highest BCUT2D eigenvalue weighted by Gasteiger charge is 2.17. The molecule has 1 aliphatic heterocycles. The van der Waals surface area contributed by atoms with Gasteiger partial charge in [0.25, 0.3) is 0 Å². The van der Waals surface area contributed by atoms with E-state index in [9.17, 15) is 0 Å². The molecule has 1 fully saturated rings. The summed E-state index contributed by atoms with van der Waals surface area (Å²) >= 11 is 0. The number of ether oxygens (including phenoxy) is 2. The highest BCUT2D eigenvalue weighted by atomic mass is 35.5. The van der Waals surface area contributed by atoms with Crippen LogP contribution in [0.15, 0.2) is 48.5 Å². The fraction of sp³-hybridized carbons (Fsp3) is 0.333. The number of nitrogens with one attached hydrogen (secondary N) is 1. The van der Waals surface area contributed by atoms with Crippen LogP contribution in [-0.4, -0.2) is 13.7 Å². The summed E-state index contributed by atoms with van der Waals surface area (Å²) in [6, 6.07) is 16.8. The van der Waals surface area contributed by atoms with Gasteiger partial charge in [-0.2, -0.15) is 0 Å². The van der Waals surface area contributed by atoms with Crippen molar-refractivity contribution in [3.63, 3.8) is 0 Å². The molecule has 1 N–H and O–H groups in total. The highest BCUT2D eigenvalue weighted by Crippen LogP contribution is 2.33. The van der Waals surface area contributed by atoms with E-state index in [0.29, 0.717) is 12.6 Å². The van der Waals surface area contributed by atoms with E-state index in [1.165, 1.54) is 18.4 Å². The molecule has 3 rings (SSSR count). The molecule has 0 amide bonds. The van der Waals surface area contributed by atoms with Gasteiger partial charge in [-0.25, -0.2) is 0 Å². The normalized spacial score (nSPS) is 16.9. The maximum Gasteiger partial charge on any atom is 0.161 e. The van der Waals surface area contributed by atoms with Gasteiger partial charge in [0.15, 0.2) is 11.5 Å². The van der Waals surface area contributed by atoms with Crippen molar-refractivity contribution in [3.8, 4) is 11.5 Å². The first-order valence-electron chi connectivity index (χ1n) is 7.45. The highest BCUT2D eigenvalue weighted by molar-refractivity contribution is 5.85. The summed E-state index contributed by atoms with van der Waals surface area (Å²) < 4.78 is 11.4. The van der Waals surface area contributed by atoms with Gasteiger partial charge in [0.05, 0.1) is 7.11 Å². The molecule has 1 aliphatic rings. The summed E-state index contributed by atoms with van der Waals surface area (Å²) in [7, 11) is 1.69. The van der Waals surface area contributed by atoms with Crippen LogP contribution >= 0.6 is 12.4 Å². The molecule has 0 unspecified atom stereocenters.